The van der Waals surface area contributed by atoms with Crippen molar-refractivity contribution in [2.45, 2.75) is 30.8 Å². The van der Waals surface area contributed by atoms with Gasteiger partial charge in [-0.15, -0.1) is 0 Å². The lowest BCUT2D eigenvalue weighted by atomic mass is 10.2. The summed E-state index contributed by atoms with van der Waals surface area (Å²) in [5.41, 5.74) is 0.271. The summed E-state index contributed by atoms with van der Waals surface area (Å²) in [6.07, 6.45) is 0. The number of hydrogen-bond acceptors (Lipinski definition) is 4. The summed E-state index contributed by atoms with van der Waals surface area (Å²) in [4.78, 5) is 0.127. The van der Waals surface area contributed by atoms with Gasteiger partial charge in [0.25, 0.3) is 0 Å². The van der Waals surface area contributed by atoms with Crippen molar-refractivity contribution in [3.63, 3.8) is 0 Å². The number of rotatable bonds is 2. The lowest BCUT2D eigenvalue weighted by Gasteiger charge is -2.36. The average molecular weight is 314 g/mol. The first-order chi connectivity index (χ1) is 9.36. The Kier molecular flexibility index (Phi) is 4.35. The van der Waals surface area contributed by atoms with Crippen LogP contribution in [0.5, 0.6) is 0 Å². The quantitative estimate of drug-likeness (QED) is 0.899. The minimum atomic E-state index is -3.59. The number of nitrogens with zero attached hydrogens (tertiary/aromatic N) is 2. The molecule has 1 fully saturated rings. The molecule has 0 bridgehead atoms. The van der Waals surface area contributed by atoms with Crippen LogP contribution < -0.4 is 5.32 Å². The van der Waals surface area contributed by atoms with Crippen LogP contribution in [0.1, 0.15) is 19.4 Å². The lowest BCUT2D eigenvalue weighted by molar-refractivity contribution is 0.244. The maximum Gasteiger partial charge on any atom is 0.243 e. The molecular formula is C13H16ClN3O2S. The molecule has 0 radical (unpaired) electrons. The highest BCUT2D eigenvalue weighted by Crippen LogP contribution is 2.25. The largest absolute Gasteiger partial charge is 0.311 e. The summed E-state index contributed by atoms with van der Waals surface area (Å²) in [6.45, 7) is 4.84. The van der Waals surface area contributed by atoms with Gasteiger partial charge in [0.2, 0.25) is 10.0 Å². The second kappa shape index (κ2) is 5.70. The summed E-state index contributed by atoms with van der Waals surface area (Å²) < 4.78 is 26.8. The standard InChI is InChI=1S/C13H16ClN3O2S/c1-9-8-17(10(2)7-16-9)20(18,19)12-4-3-11(6-15)13(14)5-12/h3-5,9-10,16H,7-8H2,1-2H3. The predicted molar refractivity (Wildman–Crippen MR) is 77.0 cm³/mol. The minimum absolute atomic E-state index is 0.106. The molecule has 1 saturated heterocycles. The zero-order valence-electron chi connectivity index (χ0n) is 11.3. The first kappa shape index (κ1) is 15.3. The zero-order valence-corrected chi connectivity index (χ0v) is 12.9. The van der Waals surface area contributed by atoms with E-state index in [2.05, 4.69) is 5.32 Å². The van der Waals surface area contributed by atoms with E-state index >= 15 is 0 Å². The van der Waals surface area contributed by atoms with E-state index in [0.29, 0.717) is 13.1 Å². The van der Waals surface area contributed by atoms with Crippen molar-refractivity contribution in [2.24, 2.45) is 0 Å². The molecular weight excluding hydrogens is 298 g/mol. The van der Waals surface area contributed by atoms with Crippen LogP contribution in [0.15, 0.2) is 23.1 Å². The number of benzene rings is 1. The van der Waals surface area contributed by atoms with Crippen LogP contribution in [0.25, 0.3) is 0 Å². The monoisotopic (exact) mass is 313 g/mol. The number of nitrogens with one attached hydrogen (secondary N) is 1. The maximum absolute atomic E-state index is 12.7. The number of hydrogen-bond donors (Lipinski definition) is 1. The van der Waals surface area contributed by atoms with Crippen molar-refractivity contribution in [1.82, 2.24) is 9.62 Å². The smallest absolute Gasteiger partial charge is 0.243 e. The Hall–Kier alpha value is -1.13. The van der Waals surface area contributed by atoms with Crippen molar-refractivity contribution in [3.8, 4) is 6.07 Å². The van der Waals surface area contributed by atoms with E-state index in [-0.39, 0.29) is 27.6 Å². The van der Waals surface area contributed by atoms with Crippen LogP contribution in [-0.4, -0.2) is 37.9 Å². The zero-order chi connectivity index (χ0) is 14.9. The summed E-state index contributed by atoms with van der Waals surface area (Å²) in [6, 6.07) is 6.11. The Bertz CT molecular complexity index is 654. The van der Waals surface area contributed by atoms with Gasteiger partial charge in [0.1, 0.15) is 6.07 Å². The van der Waals surface area contributed by atoms with Gasteiger partial charge >= 0.3 is 0 Å². The van der Waals surface area contributed by atoms with E-state index in [1.165, 1.54) is 22.5 Å². The van der Waals surface area contributed by atoms with Crippen LogP contribution in [0.2, 0.25) is 5.02 Å². The summed E-state index contributed by atoms with van der Waals surface area (Å²) in [7, 11) is -3.59. The van der Waals surface area contributed by atoms with Gasteiger partial charge in [-0.25, -0.2) is 8.42 Å². The molecule has 7 heteroatoms. The third kappa shape index (κ3) is 2.81. The SMILES string of the molecule is CC1CN(S(=O)(=O)c2ccc(C#N)c(Cl)c2)C(C)CN1. The molecule has 2 rings (SSSR count). The summed E-state index contributed by atoms with van der Waals surface area (Å²) >= 11 is 5.92. The molecule has 0 saturated carbocycles. The maximum atomic E-state index is 12.7. The van der Waals surface area contributed by atoms with E-state index in [1.807, 2.05) is 19.9 Å². The molecule has 1 aliphatic heterocycles. The molecule has 1 heterocycles. The van der Waals surface area contributed by atoms with Crippen LogP contribution in [0, 0.1) is 11.3 Å². The minimum Gasteiger partial charge on any atom is -0.311 e. The molecule has 1 aromatic carbocycles. The van der Waals surface area contributed by atoms with E-state index in [9.17, 15) is 8.42 Å². The van der Waals surface area contributed by atoms with E-state index < -0.39 is 10.0 Å². The fourth-order valence-electron chi connectivity index (χ4n) is 2.21. The Morgan fingerprint density at radius 2 is 2.15 bits per heavy atom. The number of piperazine rings is 1. The molecule has 20 heavy (non-hydrogen) atoms. The van der Waals surface area contributed by atoms with Crippen molar-refractivity contribution < 1.29 is 8.42 Å². The molecule has 5 nitrogen and oxygen atoms in total. The molecule has 2 atom stereocenters. The first-order valence-electron chi connectivity index (χ1n) is 6.31. The lowest BCUT2D eigenvalue weighted by Crippen LogP contribution is -2.56. The molecule has 0 amide bonds. The fraction of sp³-hybridized carbons (Fsp3) is 0.462. The van der Waals surface area contributed by atoms with Crippen LogP contribution in [0.3, 0.4) is 0 Å². The number of sulfonamides is 1. The average Bonchev–Trinajstić information content (AvgIpc) is 2.41. The molecule has 0 aliphatic carbocycles. The van der Waals surface area contributed by atoms with Crippen LogP contribution in [-0.2, 0) is 10.0 Å². The Morgan fingerprint density at radius 3 is 2.75 bits per heavy atom. The van der Waals surface area contributed by atoms with Crippen molar-refractivity contribution in [1.29, 1.82) is 5.26 Å². The van der Waals surface area contributed by atoms with Crippen LogP contribution in [0.4, 0.5) is 0 Å². The molecule has 2 unspecified atom stereocenters. The topological polar surface area (TPSA) is 73.2 Å². The summed E-state index contributed by atoms with van der Waals surface area (Å²) in [5, 5.41) is 12.2. The molecule has 1 aromatic rings. The van der Waals surface area contributed by atoms with Gasteiger partial charge in [-0.2, -0.15) is 9.57 Å². The Labute approximate surface area is 124 Å². The highest BCUT2D eigenvalue weighted by Gasteiger charge is 2.33. The van der Waals surface area contributed by atoms with Gasteiger partial charge in [-0.1, -0.05) is 11.6 Å². The predicted octanol–water partition coefficient (Wildman–Crippen LogP) is 1.58. The van der Waals surface area contributed by atoms with Crippen molar-refractivity contribution in [3.05, 3.63) is 28.8 Å². The van der Waals surface area contributed by atoms with Crippen LogP contribution >= 0.6 is 11.6 Å². The third-order valence-electron chi connectivity index (χ3n) is 3.37. The van der Waals surface area contributed by atoms with Crippen molar-refractivity contribution >= 4 is 21.6 Å². The van der Waals surface area contributed by atoms with Gasteiger partial charge in [-0.3, -0.25) is 0 Å². The van der Waals surface area contributed by atoms with Gasteiger partial charge in [0, 0.05) is 25.2 Å². The second-order valence-corrected chi connectivity index (χ2v) is 7.28. The first-order valence-corrected chi connectivity index (χ1v) is 8.13. The van der Waals surface area contributed by atoms with E-state index in [0.717, 1.165) is 0 Å². The normalized spacial score (nSPS) is 24.3. The fourth-order valence-corrected chi connectivity index (χ4v) is 4.24. The van der Waals surface area contributed by atoms with Gasteiger partial charge in [0.15, 0.2) is 0 Å². The van der Waals surface area contributed by atoms with Gasteiger partial charge in [-0.05, 0) is 32.0 Å². The highest BCUT2D eigenvalue weighted by atomic mass is 35.5. The van der Waals surface area contributed by atoms with E-state index in [1.54, 1.807) is 0 Å². The molecule has 0 spiro atoms. The molecule has 108 valence electrons. The van der Waals surface area contributed by atoms with Crippen molar-refractivity contribution in [2.75, 3.05) is 13.1 Å². The highest BCUT2D eigenvalue weighted by molar-refractivity contribution is 7.89. The molecule has 0 aromatic heterocycles. The number of halogens is 1. The Balaban J connectivity index is 2.39. The Morgan fingerprint density at radius 1 is 1.45 bits per heavy atom. The third-order valence-corrected chi connectivity index (χ3v) is 5.66. The van der Waals surface area contributed by atoms with Gasteiger partial charge < -0.3 is 5.32 Å². The summed E-state index contributed by atoms with van der Waals surface area (Å²) in [5.74, 6) is 0. The van der Waals surface area contributed by atoms with E-state index in [4.69, 9.17) is 16.9 Å². The molecule has 1 aliphatic rings. The second-order valence-electron chi connectivity index (χ2n) is 4.99. The van der Waals surface area contributed by atoms with Gasteiger partial charge in [0.05, 0.1) is 15.5 Å². The number of nitriles is 1. The molecule has 1 N–H and O–H groups in total.